The van der Waals surface area contributed by atoms with E-state index in [1.807, 2.05) is 24.3 Å². The Labute approximate surface area is 144 Å². The first-order chi connectivity index (χ1) is 11.3. The Hall–Kier alpha value is -1.62. The third kappa shape index (κ3) is 6.99. The van der Waals surface area contributed by atoms with Crippen LogP contribution in [0.25, 0.3) is 0 Å². The van der Waals surface area contributed by atoms with Crippen LogP contribution in [-0.2, 0) is 0 Å². The molecule has 23 heavy (non-hydrogen) atoms. The van der Waals surface area contributed by atoms with Crippen molar-refractivity contribution in [3.63, 3.8) is 0 Å². The molecule has 0 atom stereocenters. The van der Waals surface area contributed by atoms with Crippen molar-refractivity contribution in [3.8, 4) is 5.75 Å². The van der Waals surface area contributed by atoms with Crippen LogP contribution in [0, 0.1) is 0 Å². The van der Waals surface area contributed by atoms with Gasteiger partial charge in [-0.15, -0.1) is 0 Å². The Morgan fingerprint density at radius 2 is 2.00 bits per heavy atom. The van der Waals surface area contributed by atoms with Crippen LogP contribution in [0.1, 0.15) is 57.4 Å². The summed E-state index contributed by atoms with van der Waals surface area (Å²) in [7, 11) is 0. The summed E-state index contributed by atoms with van der Waals surface area (Å²) >= 11 is 5.27. The van der Waals surface area contributed by atoms with E-state index in [4.69, 9.17) is 17.0 Å². The predicted molar refractivity (Wildman–Crippen MR) is 100 cm³/mol. The van der Waals surface area contributed by atoms with E-state index < -0.39 is 0 Å². The van der Waals surface area contributed by atoms with Crippen molar-refractivity contribution in [2.24, 2.45) is 5.10 Å². The number of thiocarbonyl (C=S) groups is 1. The van der Waals surface area contributed by atoms with Gasteiger partial charge in [0.25, 0.3) is 0 Å². The molecule has 5 heteroatoms. The molecule has 0 aromatic heterocycles. The number of benzene rings is 1. The number of ether oxygens (including phenoxy) is 1. The molecule has 0 saturated heterocycles. The van der Waals surface area contributed by atoms with Gasteiger partial charge < -0.3 is 10.1 Å². The van der Waals surface area contributed by atoms with Gasteiger partial charge in [0.2, 0.25) is 0 Å². The number of hydrogen-bond acceptors (Lipinski definition) is 3. The average Bonchev–Trinajstić information content (AvgIpc) is 2.57. The van der Waals surface area contributed by atoms with E-state index in [2.05, 4.69) is 22.8 Å². The molecule has 0 bridgehead atoms. The summed E-state index contributed by atoms with van der Waals surface area (Å²) in [6.07, 6.45) is 10.3. The average molecular weight is 334 g/mol. The number of nitrogens with one attached hydrogen (secondary N) is 2. The maximum atomic E-state index is 5.64. The van der Waals surface area contributed by atoms with Gasteiger partial charge in [0, 0.05) is 6.04 Å². The lowest BCUT2D eigenvalue weighted by Crippen LogP contribution is -2.40. The topological polar surface area (TPSA) is 45.6 Å². The van der Waals surface area contributed by atoms with Crippen molar-refractivity contribution >= 4 is 23.5 Å². The van der Waals surface area contributed by atoms with Gasteiger partial charge in [0.05, 0.1) is 12.8 Å². The highest BCUT2D eigenvalue weighted by atomic mass is 32.1. The maximum Gasteiger partial charge on any atom is 0.187 e. The van der Waals surface area contributed by atoms with Crippen LogP contribution in [0.2, 0.25) is 0 Å². The predicted octanol–water partition coefficient (Wildman–Crippen LogP) is 4.00. The Balaban J connectivity index is 1.70. The molecular formula is C18H27N3OS. The van der Waals surface area contributed by atoms with E-state index in [0.29, 0.717) is 11.2 Å². The minimum Gasteiger partial charge on any atom is -0.494 e. The summed E-state index contributed by atoms with van der Waals surface area (Å²) < 4.78 is 5.64. The van der Waals surface area contributed by atoms with E-state index in [1.54, 1.807) is 6.21 Å². The molecule has 4 nitrogen and oxygen atoms in total. The highest BCUT2D eigenvalue weighted by molar-refractivity contribution is 7.80. The maximum absolute atomic E-state index is 5.64. The second-order valence-electron chi connectivity index (χ2n) is 5.95. The van der Waals surface area contributed by atoms with Gasteiger partial charge >= 0.3 is 0 Å². The molecule has 126 valence electrons. The van der Waals surface area contributed by atoms with Gasteiger partial charge in [0.1, 0.15) is 5.75 Å². The van der Waals surface area contributed by atoms with E-state index >= 15 is 0 Å². The lowest BCUT2D eigenvalue weighted by molar-refractivity contribution is 0.309. The van der Waals surface area contributed by atoms with Crippen LogP contribution in [0.15, 0.2) is 29.4 Å². The van der Waals surface area contributed by atoms with Gasteiger partial charge in [-0.05, 0) is 61.3 Å². The van der Waals surface area contributed by atoms with Crippen LogP contribution >= 0.6 is 12.2 Å². The largest absolute Gasteiger partial charge is 0.494 e. The molecule has 1 saturated carbocycles. The van der Waals surface area contributed by atoms with Gasteiger partial charge in [0.15, 0.2) is 5.11 Å². The Morgan fingerprint density at radius 1 is 1.26 bits per heavy atom. The zero-order chi connectivity index (χ0) is 16.3. The molecular weight excluding hydrogens is 306 g/mol. The van der Waals surface area contributed by atoms with Crippen molar-refractivity contribution in [2.75, 3.05) is 6.61 Å². The lowest BCUT2D eigenvalue weighted by atomic mass is 9.96. The number of rotatable bonds is 7. The first kappa shape index (κ1) is 17.7. The molecule has 2 rings (SSSR count). The zero-order valence-electron chi connectivity index (χ0n) is 13.9. The first-order valence-corrected chi connectivity index (χ1v) is 9.01. The molecule has 0 amide bonds. The lowest BCUT2D eigenvalue weighted by Gasteiger charge is -2.23. The summed E-state index contributed by atoms with van der Waals surface area (Å²) in [6.45, 7) is 2.93. The van der Waals surface area contributed by atoms with Crippen LogP contribution in [0.4, 0.5) is 0 Å². The van der Waals surface area contributed by atoms with E-state index in [9.17, 15) is 0 Å². The molecule has 0 heterocycles. The minimum absolute atomic E-state index is 0.499. The normalized spacial score (nSPS) is 15.5. The third-order valence-electron chi connectivity index (χ3n) is 3.97. The van der Waals surface area contributed by atoms with Crippen LogP contribution in [-0.4, -0.2) is 24.0 Å². The van der Waals surface area contributed by atoms with E-state index in [0.717, 1.165) is 30.8 Å². The molecule has 1 aromatic rings. The van der Waals surface area contributed by atoms with E-state index in [-0.39, 0.29) is 0 Å². The van der Waals surface area contributed by atoms with E-state index in [1.165, 1.54) is 32.1 Å². The van der Waals surface area contributed by atoms with Crippen molar-refractivity contribution in [1.29, 1.82) is 0 Å². The summed E-state index contributed by atoms with van der Waals surface area (Å²) in [6, 6.07) is 8.41. The van der Waals surface area contributed by atoms with Gasteiger partial charge in [-0.1, -0.05) is 32.6 Å². The fourth-order valence-electron chi connectivity index (χ4n) is 2.61. The summed E-state index contributed by atoms with van der Waals surface area (Å²) in [4.78, 5) is 0. The van der Waals surface area contributed by atoms with Crippen molar-refractivity contribution < 1.29 is 4.74 Å². The third-order valence-corrected chi connectivity index (χ3v) is 4.18. The molecule has 1 fully saturated rings. The number of hydrogen-bond donors (Lipinski definition) is 2. The fraction of sp³-hybridized carbons (Fsp3) is 0.556. The fourth-order valence-corrected chi connectivity index (χ4v) is 2.83. The second-order valence-corrected chi connectivity index (χ2v) is 6.36. The number of unbranched alkanes of at least 4 members (excludes halogenated alkanes) is 1. The Kier molecular flexibility index (Phi) is 7.87. The summed E-state index contributed by atoms with van der Waals surface area (Å²) in [5.41, 5.74) is 3.91. The molecule has 1 aromatic carbocycles. The molecule has 0 spiro atoms. The van der Waals surface area contributed by atoms with Crippen LogP contribution < -0.4 is 15.5 Å². The molecule has 1 aliphatic rings. The highest BCUT2D eigenvalue weighted by Gasteiger charge is 2.13. The van der Waals surface area contributed by atoms with Crippen LogP contribution in [0.3, 0.4) is 0 Å². The molecule has 1 aliphatic carbocycles. The smallest absolute Gasteiger partial charge is 0.187 e. The summed E-state index contributed by atoms with van der Waals surface area (Å²) in [5.74, 6) is 0.901. The minimum atomic E-state index is 0.499. The number of nitrogens with zero attached hydrogens (tertiary/aromatic N) is 1. The second kappa shape index (κ2) is 10.2. The van der Waals surface area contributed by atoms with Gasteiger partial charge in [-0.25, -0.2) is 0 Å². The number of hydrazone groups is 1. The van der Waals surface area contributed by atoms with Gasteiger partial charge in [-0.2, -0.15) is 5.10 Å². The monoisotopic (exact) mass is 333 g/mol. The molecule has 2 N–H and O–H groups in total. The van der Waals surface area contributed by atoms with Crippen molar-refractivity contribution in [2.45, 2.75) is 57.9 Å². The van der Waals surface area contributed by atoms with Crippen LogP contribution in [0.5, 0.6) is 5.75 Å². The molecule has 0 radical (unpaired) electrons. The Morgan fingerprint density at radius 3 is 2.70 bits per heavy atom. The van der Waals surface area contributed by atoms with Gasteiger partial charge in [-0.3, -0.25) is 5.43 Å². The zero-order valence-corrected chi connectivity index (χ0v) is 14.7. The molecule has 0 aliphatic heterocycles. The Bertz CT molecular complexity index is 495. The first-order valence-electron chi connectivity index (χ1n) is 8.60. The summed E-state index contributed by atoms with van der Waals surface area (Å²) in [5, 5.41) is 8.13. The quantitative estimate of drug-likeness (QED) is 0.343. The van der Waals surface area contributed by atoms with Crippen molar-refractivity contribution in [3.05, 3.63) is 29.8 Å². The SMILES string of the molecule is CCCCOc1ccc(/C=N/NC(=S)NC2CCCCC2)cc1. The van der Waals surface area contributed by atoms with Crippen molar-refractivity contribution in [1.82, 2.24) is 10.7 Å². The molecule has 0 unspecified atom stereocenters. The highest BCUT2D eigenvalue weighted by Crippen LogP contribution is 2.17. The standard InChI is InChI=1S/C18H27N3OS/c1-2-3-13-22-17-11-9-15(10-12-17)14-19-21-18(23)20-16-7-5-4-6-8-16/h9-12,14,16H,2-8,13H2,1H3,(H2,20,21,23)/b19-14+.